The van der Waals surface area contributed by atoms with Crippen LogP contribution >= 0.6 is 23.2 Å². The number of nitrogens with one attached hydrogen (secondary N) is 1. The number of hydrogen-bond donors (Lipinski definition) is 1. The molecule has 0 aromatic heterocycles. The first-order chi connectivity index (χ1) is 17.4. The van der Waals surface area contributed by atoms with Crippen molar-refractivity contribution in [3.05, 3.63) is 70.0 Å². The number of ether oxygens (including phenoxy) is 1. The molecule has 0 aliphatic carbocycles. The van der Waals surface area contributed by atoms with Gasteiger partial charge in [-0.05, 0) is 36.4 Å². The highest BCUT2D eigenvalue weighted by Crippen LogP contribution is 2.42. The van der Waals surface area contributed by atoms with Crippen LogP contribution in [0.25, 0.3) is 11.1 Å². The number of nitriles is 1. The van der Waals surface area contributed by atoms with E-state index in [2.05, 4.69) is 5.32 Å². The molecule has 2 amide bonds. The molecule has 12 heteroatoms. The van der Waals surface area contributed by atoms with Crippen LogP contribution in [0.1, 0.15) is 25.8 Å². The van der Waals surface area contributed by atoms with Gasteiger partial charge in [-0.1, -0.05) is 42.3 Å². The molecule has 192 valence electrons. The second kappa shape index (κ2) is 11.2. The van der Waals surface area contributed by atoms with Crippen molar-refractivity contribution in [1.82, 2.24) is 4.31 Å². The van der Waals surface area contributed by atoms with Crippen LogP contribution in [0.2, 0.25) is 10.0 Å². The molecule has 0 aliphatic heterocycles. The zero-order valence-electron chi connectivity index (χ0n) is 19.8. The molecule has 0 saturated carbocycles. The summed E-state index contributed by atoms with van der Waals surface area (Å²) >= 11 is 12.2. The lowest BCUT2D eigenvalue weighted by Crippen LogP contribution is -2.33. The van der Waals surface area contributed by atoms with E-state index in [-0.39, 0.29) is 44.6 Å². The number of nitrogens with zero attached hydrogens (tertiary/aromatic N) is 2. The standard InChI is InChI=1S/C25H20Cl2FN3O5S/c1-4-22(33)31(3)37(34,35)25-19(6-5-7-21(25)30-14(2)32)18-8-9-20(27)24(23(18)28)36-17-11-15(13-29)10-16(26)12-17/h5-12H,4H2,1-3H3,(H,30,32). The Morgan fingerprint density at radius 1 is 1.14 bits per heavy atom. The molecule has 0 unspecified atom stereocenters. The Morgan fingerprint density at radius 3 is 2.46 bits per heavy atom. The molecule has 0 atom stereocenters. The summed E-state index contributed by atoms with van der Waals surface area (Å²) in [6, 6.07) is 12.6. The van der Waals surface area contributed by atoms with E-state index in [1.54, 1.807) is 0 Å². The average molecular weight is 564 g/mol. The third-order valence-corrected chi connectivity index (χ3v) is 7.55. The van der Waals surface area contributed by atoms with Crippen LogP contribution in [0.5, 0.6) is 11.5 Å². The first-order valence-corrected chi connectivity index (χ1v) is 12.9. The highest BCUT2D eigenvalue weighted by molar-refractivity contribution is 7.90. The first kappa shape index (κ1) is 27.9. The quantitative estimate of drug-likeness (QED) is 0.378. The van der Waals surface area contributed by atoms with E-state index < -0.39 is 38.3 Å². The Morgan fingerprint density at radius 2 is 1.84 bits per heavy atom. The molecule has 0 spiro atoms. The number of halogens is 3. The Kier molecular flexibility index (Phi) is 8.43. The molecular weight excluding hydrogens is 544 g/mol. The lowest BCUT2D eigenvalue weighted by Gasteiger charge is -2.22. The molecule has 0 radical (unpaired) electrons. The Hall–Kier alpha value is -3.65. The minimum atomic E-state index is -4.54. The SMILES string of the molecule is CCC(=O)N(C)S(=O)(=O)c1c(NC(C)=O)cccc1-c1ccc(Cl)c(Oc2cc(Cl)cc(C#N)c2)c1F. The summed E-state index contributed by atoms with van der Waals surface area (Å²) in [5.74, 6) is -2.73. The number of carbonyl (C=O) groups is 2. The molecule has 3 rings (SSSR count). The summed E-state index contributed by atoms with van der Waals surface area (Å²) in [4.78, 5) is 23.6. The largest absolute Gasteiger partial charge is 0.453 e. The highest BCUT2D eigenvalue weighted by atomic mass is 35.5. The van der Waals surface area contributed by atoms with E-state index in [0.29, 0.717) is 4.31 Å². The smallest absolute Gasteiger partial charge is 0.268 e. The van der Waals surface area contributed by atoms with Gasteiger partial charge in [-0.25, -0.2) is 17.1 Å². The van der Waals surface area contributed by atoms with Gasteiger partial charge in [0.05, 0.1) is 22.3 Å². The normalized spacial score (nSPS) is 10.9. The summed E-state index contributed by atoms with van der Waals surface area (Å²) < 4.78 is 49.1. The number of carbonyl (C=O) groups excluding carboxylic acids is 2. The number of rotatable bonds is 7. The number of anilines is 1. The zero-order valence-corrected chi connectivity index (χ0v) is 22.1. The fourth-order valence-electron chi connectivity index (χ4n) is 3.45. The van der Waals surface area contributed by atoms with Gasteiger partial charge in [0.25, 0.3) is 10.0 Å². The third-order valence-electron chi connectivity index (χ3n) is 5.16. The van der Waals surface area contributed by atoms with Gasteiger partial charge in [-0.2, -0.15) is 5.26 Å². The third kappa shape index (κ3) is 5.85. The first-order valence-electron chi connectivity index (χ1n) is 10.7. The molecule has 0 aliphatic rings. The van der Waals surface area contributed by atoms with Crippen LogP contribution in [0.4, 0.5) is 10.1 Å². The van der Waals surface area contributed by atoms with E-state index in [9.17, 15) is 23.3 Å². The number of benzene rings is 3. The van der Waals surface area contributed by atoms with Gasteiger partial charge in [0.1, 0.15) is 10.6 Å². The summed E-state index contributed by atoms with van der Waals surface area (Å²) in [5.41, 5.74) is -0.365. The van der Waals surface area contributed by atoms with Crippen LogP contribution in [-0.4, -0.2) is 31.6 Å². The molecule has 8 nitrogen and oxygen atoms in total. The fourth-order valence-corrected chi connectivity index (χ4v) is 5.38. The van der Waals surface area contributed by atoms with Crippen molar-refractivity contribution in [3.63, 3.8) is 0 Å². The van der Waals surface area contributed by atoms with Gasteiger partial charge in [0.15, 0.2) is 11.6 Å². The molecule has 0 fully saturated rings. The van der Waals surface area contributed by atoms with Crippen molar-refractivity contribution in [1.29, 1.82) is 5.26 Å². The maximum atomic E-state index is 15.9. The molecule has 3 aromatic rings. The Balaban J connectivity index is 2.27. The summed E-state index contributed by atoms with van der Waals surface area (Å²) in [5, 5.41) is 11.6. The van der Waals surface area contributed by atoms with E-state index in [1.165, 1.54) is 62.4 Å². The molecular formula is C25H20Cl2FN3O5S. The van der Waals surface area contributed by atoms with Crippen molar-refractivity contribution < 1.29 is 27.1 Å². The number of sulfonamides is 1. The van der Waals surface area contributed by atoms with Gasteiger partial charge in [-0.3, -0.25) is 9.59 Å². The van der Waals surface area contributed by atoms with Gasteiger partial charge in [0.2, 0.25) is 11.8 Å². The predicted octanol–water partition coefficient (Wildman–Crippen LogP) is 5.98. The highest BCUT2D eigenvalue weighted by Gasteiger charge is 2.32. The lowest BCUT2D eigenvalue weighted by molar-refractivity contribution is -0.125. The molecule has 37 heavy (non-hydrogen) atoms. The van der Waals surface area contributed by atoms with Crippen LogP contribution in [0.15, 0.2) is 53.4 Å². The van der Waals surface area contributed by atoms with Gasteiger partial charge in [0, 0.05) is 36.5 Å². The van der Waals surface area contributed by atoms with Gasteiger partial charge in [-0.15, -0.1) is 0 Å². The molecule has 0 heterocycles. The van der Waals surface area contributed by atoms with Crippen LogP contribution in [0, 0.1) is 17.1 Å². The number of hydrogen-bond acceptors (Lipinski definition) is 6. The average Bonchev–Trinajstić information content (AvgIpc) is 2.84. The second-order valence-electron chi connectivity index (χ2n) is 7.71. The van der Waals surface area contributed by atoms with Gasteiger partial charge < -0.3 is 10.1 Å². The zero-order chi connectivity index (χ0) is 27.5. The van der Waals surface area contributed by atoms with Crippen molar-refractivity contribution in [2.45, 2.75) is 25.2 Å². The fraction of sp³-hybridized carbons (Fsp3) is 0.160. The maximum absolute atomic E-state index is 15.9. The van der Waals surface area contributed by atoms with Crippen molar-refractivity contribution in [3.8, 4) is 28.7 Å². The molecule has 0 bridgehead atoms. The second-order valence-corrected chi connectivity index (χ2v) is 10.5. The van der Waals surface area contributed by atoms with Gasteiger partial charge >= 0.3 is 0 Å². The van der Waals surface area contributed by atoms with Crippen molar-refractivity contribution in [2.24, 2.45) is 0 Å². The summed E-state index contributed by atoms with van der Waals surface area (Å²) in [7, 11) is -3.47. The molecule has 1 N–H and O–H groups in total. The summed E-state index contributed by atoms with van der Waals surface area (Å²) in [6.07, 6.45) is -0.106. The number of amides is 2. The summed E-state index contributed by atoms with van der Waals surface area (Å²) in [6.45, 7) is 2.67. The minimum Gasteiger partial charge on any atom is -0.453 e. The maximum Gasteiger partial charge on any atom is 0.268 e. The molecule has 0 saturated heterocycles. The van der Waals surface area contributed by atoms with E-state index in [4.69, 9.17) is 27.9 Å². The van der Waals surface area contributed by atoms with Crippen molar-refractivity contribution >= 4 is 50.7 Å². The van der Waals surface area contributed by atoms with E-state index >= 15 is 4.39 Å². The van der Waals surface area contributed by atoms with Crippen LogP contribution in [0.3, 0.4) is 0 Å². The van der Waals surface area contributed by atoms with Crippen LogP contribution in [-0.2, 0) is 19.6 Å². The topological polar surface area (TPSA) is 117 Å². The van der Waals surface area contributed by atoms with Crippen LogP contribution < -0.4 is 10.1 Å². The van der Waals surface area contributed by atoms with E-state index in [1.807, 2.05) is 6.07 Å². The lowest BCUT2D eigenvalue weighted by atomic mass is 10.0. The van der Waals surface area contributed by atoms with Crippen molar-refractivity contribution in [2.75, 3.05) is 12.4 Å². The minimum absolute atomic E-state index is 0.0233. The Labute approximate surface area is 223 Å². The molecule has 3 aromatic carbocycles. The monoisotopic (exact) mass is 563 g/mol. The van der Waals surface area contributed by atoms with E-state index in [0.717, 1.165) is 7.05 Å². The predicted molar refractivity (Wildman–Crippen MR) is 138 cm³/mol. The Bertz CT molecular complexity index is 1550.